The molecule has 0 aromatic rings. The minimum Gasteiger partial charge on any atom is -0.392 e. The Morgan fingerprint density at radius 3 is 2.15 bits per heavy atom. The molecular weight excluding hydrogens is 246 g/mol. The van der Waals surface area contributed by atoms with Crippen LogP contribution >= 0.6 is 0 Å². The monoisotopic (exact) mass is 277 g/mol. The summed E-state index contributed by atoms with van der Waals surface area (Å²) < 4.78 is 0. The van der Waals surface area contributed by atoms with Gasteiger partial charge in [-0.25, -0.2) is 0 Å². The summed E-state index contributed by atoms with van der Waals surface area (Å²) in [6, 6.07) is 0.368. The van der Waals surface area contributed by atoms with E-state index >= 15 is 0 Å². The molecule has 0 aliphatic heterocycles. The molecule has 0 heterocycles. The number of aliphatic hydroxyl groups is 1. The van der Waals surface area contributed by atoms with Crippen molar-refractivity contribution in [3.63, 3.8) is 0 Å². The van der Waals surface area contributed by atoms with Gasteiger partial charge in [0.1, 0.15) is 0 Å². The maximum Gasteiger partial charge on any atom is 0.0693 e. The largest absolute Gasteiger partial charge is 0.392 e. The Morgan fingerprint density at radius 1 is 0.900 bits per heavy atom. The molecule has 2 N–H and O–H groups in total. The first-order valence-electron chi connectivity index (χ1n) is 8.85. The fourth-order valence-electron chi connectivity index (χ4n) is 7.28. The number of nitrogens with one attached hydrogen (secondary N) is 1. The first-order valence-corrected chi connectivity index (χ1v) is 8.85. The third-order valence-corrected chi connectivity index (χ3v) is 6.85. The standard InChI is InChI=1S/C18H31NO/c1-16-7-13-8-17(2,10-16)12-18(9-13,11-16)19-14-5-3-4-6-15(14)20/h13-15,19-20H,3-12H2,1-2H3. The normalized spacial score (nSPS) is 58.0. The topological polar surface area (TPSA) is 32.3 Å². The summed E-state index contributed by atoms with van der Waals surface area (Å²) >= 11 is 0. The van der Waals surface area contributed by atoms with Crippen molar-refractivity contribution in [3.8, 4) is 0 Å². The van der Waals surface area contributed by atoms with Crippen LogP contribution in [0.1, 0.15) is 78.1 Å². The maximum absolute atomic E-state index is 10.3. The van der Waals surface area contributed by atoms with Gasteiger partial charge in [-0.05, 0) is 68.1 Å². The lowest BCUT2D eigenvalue weighted by molar-refractivity contribution is -0.125. The highest BCUT2D eigenvalue weighted by atomic mass is 16.3. The van der Waals surface area contributed by atoms with Crippen LogP contribution in [0.3, 0.4) is 0 Å². The van der Waals surface area contributed by atoms with Gasteiger partial charge in [-0.15, -0.1) is 0 Å². The van der Waals surface area contributed by atoms with Crippen molar-refractivity contribution in [1.82, 2.24) is 5.32 Å². The van der Waals surface area contributed by atoms with Gasteiger partial charge < -0.3 is 10.4 Å². The second kappa shape index (κ2) is 4.23. The van der Waals surface area contributed by atoms with Crippen LogP contribution in [-0.2, 0) is 0 Å². The van der Waals surface area contributed by atoms with Crippen LogP contribution in [0.25, 0.3) is 0 Å². The minimum absolute atomic E-state index is 0.0997. The van der Waals surface area contributed by atoms with E-state index in [1.165, 1.54) is 57.8 Å². The van der Waals surface area contributed by atoms with E-state index in [9.17, 15) is 5.11 Å². The summed E-state index contributed by atoms with van der Waals surface area (Å²) in [5, 5.41) is 14.4. The molecule has 5 aliphatic rings. The van der Waals surface area contributed by atoms with Crippen molar-refractivity contribution < 1.29 is 5.11 Å². The number of aliphatic hydroxyl groups excluding tert-OH is 1. The average Bonchev–Trinajstić information content (AvgIpc) is 2.27. The van der Waals surface area contributed by atoms with Gasteiger partial charge in [0, 0.05) is 11.6 Å². The van der Waals surface area contributed by atoms with Crippen LogP contribution in [0, 0.1) is 16.7 Å². The molecule has 0 amide bonds. The van der Waals surface area contributed by atoms with Gasteiger partial charge in [0.25, 0.3) is 0 Å². The zero-order valence-electron chi connectivity index (χ0n) is 13.3. The molecular formula is C18H31NO. The lowest BCUT2D eigenvalue weighted by atomic mass is 9.42. The lowest BCUT2D eigenvalue weighted by Gasteiger charge is -2.66. The summed E-state index contributed by atoms with van der Waals surface area (Å²) in [6.45, 7) is 5.06. The van der Waals surface area contributed by atoms with Gasteiger partial charge in [0.05, 0.1) is 6.10 Å². The van der Waals surface area contributed by atoms with E-state index in [0.717, 1.165) is 12.3 Å². The zero-order chi connectivity index (χ0) is 14.0. The Labute approximate surface area is 123 Å². The molecule has 0 aromatic carbocycles. The molecule has 5 rings (SSSR count). The molecule has 0 radical (unpaired) electrons. The van der Waals surface area contributed by atoms with Crippen molar-refractivity contribution in [2.45, 2.75) is 95.7 Å². The number of hydrogen-bond donors (Lipinski definition) is 2. The van der Waals surface area contributed by atoms with E-state index in [4.69, 9.17) is 0 Å². The highest BCUT2D eigenvalue weighted by Crippen LogP contribution is 2.66. The molecule has 20 heavy (non-hydrogen) atoms. The predicted octanol–water partition coefficient (Wildman–Crippen LogP) is 3.63. The molecule has 0 aromatic heterocycles. The fraction of sp³-hybridized carbons (Fsp3) is 1.00. The van der Waals surface area contributed by atoms with E-state index in [0.29, 0.717) is 22.4 Å². The summed E-state index contributed by atoms with van der Waals surface area (Å²) in [5.41, 5.74) is 1.49. The van der Waals surface area contributed by atoms with Gasteiger partial charge >= 0.3 is 0 Å². The SMILES string of the molecule is CC12CC3CC(C)(C1)CC(NC1CCCCC1O)(C3)C2. The van der Waals surface area contributed by atoms with Crippen molar-refractivity contribution in [1.29, 1.82) is 0 Å². The molecule has 4 bridgehead atoms. The van der Waals surface area contributed by atoms with Crippen LogP contribution in [0.4, 0.5) is 0 Å². The van der Waals surface area contributed by atoms with Gasteiger partial charge in [-0.2, -0.15) is 0 Å². The molecule has 0 spiro atoms. The summed E-state index contributed by atoms with van der Waals surface area (Å²) in [4.78, 5) is 0. The van der Waals surface area contributed by atoms with Crippen molar-refractivity contribution in [3.05, 3.63) is 0 Å². The van der Waals surface area contributed by atoms with E-state index < -0.39 is 0 Å². The van der Waals surface area contributed by atoms with Gasteiger partial charge in [-0.1, -0.05) is 26.7 Å². The van der Waals surface area contributed by atoms with Crippen LogP contribution in [0.5, 0.6) is 0 Å². The first kappa shape index (κ1) is 13.6. The Morgan fingerprint density at radius 2 is 1.55 bits per heavy atom. The molecule has 5 fully saturated rings. The molecule has 4 unspecified atom stereocenters. The quantitative estimate of drug-likeness (QED) is 0.808. The van der Waals surface area contributed by atoms with E-state index in [1.54, 1.807) is 0 Å². The molecule has 5 saturated carbocycles. The summed E-state index contributed by atoms with van der Waals surface area (Å²) in [6.07, 6.45) is 13.0. The highest BCUT2D eigenvalue weighted by Gasteiger charge is 2.60. The molecule has 114 valence electrons. The minimum atomic E-state index is -0.0997. The summed E-state index contributed by atoms with van der Waals surface area (Å²) in [7, 11) is 0. The number of rotatable bonds is 2. The van der Waals surface area contributed by atoms with Gasteiger partial charge in [-0.3, -0.25) is 0 Å². The molecule has 2 nitrogen and oxygen atoms in total. The van der Waals surface area contributed by atoms with Crippen molar-refractivity contribution in [2.24, 2.45) is 16.7 Å². The Balaban J connectivity index is 1.57. The van der Waals surface area contributed by atoms with E-state index in [1.807, 2.05) is 0 Å². The Bertz CT molecular complexity index is 388. The Kier molecular flexibility index (Phi) is 2.87. The van der Waals surface area contributed by atoms with Crippen molar-refractivity contribution >= 4 is 0 Å². The predicted molar refractivity (Wildman–Crippen MR) is 81.5 cm³/mol. The van der Waals surface area contributed by atoms with E-state index in [2.05, 4.69) is 19.2 Å². The summed E-state index contributed by atoms with van der Waals surface area (Å²) in [5.74, 6) is 0.939. The van der Waals surface area contributed by atoms with Gasteiger partial charge in [0.15, 0.2) is 0 Å². The van der Waals surface area contributed by atoms with Crippen molar-refractivity contribution in [2.75, 3.05) is 0 Å². The van der Waals surface area contributed by atoms with Crippen LogP contribution in [0.2, 0.25) is 0 Å². The molecule has 2 heteroatoms. The highest BCUT2D eigenvalue weighted by molar-refractivity contribution is 5.15. The van der Waals surface area contributed by atoms with Crippen LogP contribution < -0.4 is 5.32 Å². The van der Waals surface area contributed by atoms with E-state index in [-0.39, 0.29) is 6.10 Å². The first-order chi connectivity index (χ1) is 9.40. The zero-order valence-corrected chi connectivity index (χ0v) is 13.3. The second-order valence-corrected chi connectivity index (χ2v) is 9.51. The number of hydrogen-bond acceptors (Lipinski definition) is 2. The smallest absolute Gasteiger partial charge is 0.0693 e. The third-order valence-electron chi connectivity index (χ3n) is 6.85. The van der Waals surface area contributed by atoms with Crippen LogP contribution in [0.15, 0.2) is 0 Å². The van der Waals surface area contributed by atoms with Gasteiger partial charge in [0.2, 0.25) is 0 Å². The second-order valence-electron chi connectivity index (χ2n) is 9.51. The third kappa shape index (κ3) is 2.14. The lowest BCUT2D eigenvalue weighted by Crippen LogP contribution is -2.67. The molecule has 5 aliphatic carbocycles. The fourth-order valence-corrected chi connectivity index (χ4v) is 7.28. The Hall–Kier alpha value is -0.0800. The average molecular weight is 277 g/mol. The van der Waals surface area contributed by atoms with Crippen LogP contribution in [-0.4, -0.2) is 22.8 Å². The molecule has 4 atom stereocenters. The molecule has 0 saturated heterocycles. The maximum atomic E-state index is 10.3.